The first kappa shape index (κ1) is 22.7. The van der Waals surface area contributed by atoms with Gasteiger partial charge in [-0.3, -0.25) is 4.79 Å². The summed E-state index contributed by atoms with van der Waals surface area (Å²) < 4.78 is 38.1. The van der Waals surface area contributed by atoms with Gasteiger partial charge in [-0.2, -0.15) is 0 Å². The summed E-state index contributed by atoms with van der Waals surface area (Å²) in [6, 6.07) is 21.2. The number of benzene rings is 3. The number of amides is 1. The van der Waals surface area contributed by atoms with Crippen molar-refractivity contribution >= 4 is 33.2 Å². The van der Waals surface area contributed by atoms with Crippen LogP contribution in [0.3, 0.4) is 0 Å². The Morgan fingerprint density at radius 1 is 0.903 bits per heavy atom. The Bertz CT molecular complexity index is 1100. The highest BCUT2D eigenvalue weighted by atomic mass is 35.5. The first-order valence-corrected chi connectivity index (χ1v) is 11.4. The van der Waals surface area contributed by atoms with E-state index < -0.39 is 15.9 Å². The summed E-state index contributed by atoms with van der Waals surface area (Å²) in [4.78, 5) is 13.0. The molecule has 0 aliphatic heterocycles. The quantitative estimate of drug-likeness (QED) is 0.424. The number of para-hydroxylation sites is 1. The number of hydrogen-bond donors (Lipinski definition) is 0. The van der Waals surface area contributed by atoms with Crippen LogP contribution >= 0.6 is 11.6 Å². The number of anilines is 1. The number of carbonyl (C=O) groups is 1. The fourth-order valence-electron chi connectivity index (χ4n) is 2.88. The second-order valence-electron chi connectivity index (χ2n) is 6.58. The molecule has 0 aromatic heterocycles. The molecule has 0 unspecified atom stereocenters. The Labute approximate surface area is 187 Å². The molecule has 0 aliphatic rings. The van der Waals surface area contributed by atoms with Gasteiger partial charge in [-0.05, 0) is 67.1 Å². The summed E-state index contributed by atoms with van der Waals surface area (Å²) in [5.41, 5.74) is 0.227. The molecule has 0 saturated carbocycles. The van der Waals surface area contributed by atoms with Gasteiger partial charge in [0.2, 0.25) is 5.91 Å². The number of ether oxygens (including phenoxy) is 2. The van der Waals surface area contributed by atoms with Crippen molar-refractivity contribution in [2.24, 2.45) is 0 Å². The Morgan fingerprint density at radius 2 is 1.55 bits per heavy atom. The third-order valence-corrected chi connectivity index (χ3v) is 6.45. The van der Waals surface area contributed by atoms with E-state index in [1.807, 2.05) is 30.3 Å². The van der Waals surface area contributed by atoms with E-state index in [0.717, 1.165) is 4.31 Å². The molecule has 0 atom stereocenters. The zero-order valence-electron chi connectivity index (χ0n) is 16.9. The van der Waals surface area contributed by atoms with Crippen molar-refractivity contribution in [2.45, 2.75) is 17.7 Å². The van der Waals surface area contributed by atoms with Crippen molar-refractivity contribution in [1.29, 1.82) is 0 Å². The van der Waals surface area contributed by atoms with Gasteiger partial charge in [0.15, 0.2) is 0 Å². The zero-order valence-corrected chi connectivity index (χ0v) is 18.5. The van der Waals surface area contributed by atoms with Gasteiger partial charge >= 0.3 is 0 Å². The van der Waals surface area contributed by atoms with Crippen LogP contribution in [0.1, 0.15) is 12.8 Å². The number of halogens is 1. The number of rotatable bonds is 9. The summed E-state index contributed by atoms with van der Waals surface area (Å²) in [5, 5.41) is 0.402. The number of nitrogens with zero attached hydrogens (tertiary/aromatic N) is 1. The van der Waals surface area contributed by atoms with Gasteiger partial charge in [-0.25, -0.2) is 12.7 Å². The fourth-order valence-corrected chi connectivity index (χ4v) is 4.45. The molecule has 3 rings (SSSR count). The highest BCUT2D eigenvalue weighted by molar-refractivity contribution is 7.93. The molecule has 3 aromatic rings. The van der Waals surface area contributed by atoms with Crippen LogP contribution in [0, 0.1) is 0 Å². The molecule has 0 heterocycles. The molecule has 0 radical (unpaired) electrons. The second kappa shape index (κ2) is 10.3. The monoisotopic (exact) mass is 459 g/mol. The van der Waals surface area contributed by atoms with Crippen LogP contribution in [0.15, 0.2) is 83.8 Å². The maximum absolute atomic E-state index is 13.3. The molecule has 1 amide bonds. The topological polar surface area (TPSA) is 72.9 Å². The van der Waals surface area contributed by atoms with Gasteiger partial charge in [-0.1, -0.05) is 29.8 Å². The van der Waals surface area contributed by atoms with Crippen molar-refractivity contribution in [2.75, 3.05) is 18.0 Å². The maximum Gasteiger partial charge on any atom is 0.270 e. The molecular weight excluding hydrogens is 438 g/mol. The Morgan fingerprint density at radius 3 is 2.16 bits per heavy atom. The Kier molecular flexibility index (Phi) is 7.55. The van der Waals surface area contributed by atoms with Gasteiger partial charge in [0.05, 0.1) is 24.3 Å². The van der Waals surface area contributed by atoms with Gasteiger partial charge < -0.3 is 9.47 Å². The minimum atomic E-state index is -4.14. The lowest BCUT2D eigenvalue weighted by atomic mass is 10.2. The van der Waals surface area contributed by atoms with Crippen molar-refractivity contribution in [3.05, 3.63) is 83.9 Å². The van der Waals surface area contributed by atoms with Crippen molar-refractivity contribution in [3.63, 3.8) is 0 Å². The van der Waals surface area contributed by atoms with Crippen molar-refractivity contribution in [1.82, 2.24) is 0 Å². The van der Waals surface area contributed by atoms with Gasteiger partial charge in [0.1, 0.15) is 11.5 Å². The predicted octanol–water partition coefficient (Wildman–Crippen LogP) is 4.93. The van der Waals surface area contributed by atoms with Crippen LogP contribution in [-0.4, -0.2) is 28.0 Å². The molecule has 162 valence electrons. The lowest BCUT2D eigenvalue weighted by molar-refractivity contribution is -0.117. The second-order valence-corrected chi connectivity index (χ2v) is 8.80. The molecule has 31 heavy (non-hydrogen) atoms. The van der Waals surface area contributed by atoms with E-state index >= 15 is 0 Å². The van der Waals surface area contributed by atoms with Crippen LogP contribution in [0.4, 0.5) is 5.69 Å². The Hall–Kier alpha value is -3.03. The van der Waals surface area contributed by atoms with Gasteiger partial charge in [0.25, 0.3) is 10.0 Å². The molecule has 6 nitrogen and oxygen atoms in total. The van der Waals surface area contributed by atoms with E-state index in [1.54, 1.807) is 12.1 Å². The van der Waals surface area contributed by atoms with E-state index in [0.29, 0.717) is 22.9 Å². The van der Waals surface area contributed by atoms with Gasteiger partial charge in [-0.15, -0.1) is 0 Å². The number of hydrogen-bond acceptors (Lipinski definition) is 5. The minimum absolute atomic E-state index is 0.00825. The molecule has 0 N–H and O–H groups in total. The lowest BCUT2D eigenvalue weighted by Gasteiger charge is -2.23. The normalized spacial score (nSPS) is 11.0. The third kappa shape index (κ3) is 5.77. The summed E-state index contributed by atoms with van der Waals surface area (Å²) >= 11 is 5.89. The third-order valence-electron chi connectivity index (χ3n) is 4.43. The first-order chi connectivity index (χ1) is 14.9. The van der Waals surface area contributed by atoms with E-state index in [-0.39, 0.29) is 23.6 Å². The van der Waals surface area contributed by atoms with Crippen LogP contribution in [0.25, 0.3) is 0 Å². The first-order valence-electron chi connectivity index (χ1n) is 9.57. The van der Waals surface area contributed by atoms with E-state index in [2.05, 4.69) is 0 Å². The summed E-state index contributed by atoms with van der Waals surface area (Å²) in [5.74, 6) is 0.684. The summed E-state index contributed by atoms with van der Waals surface area (Å²) in [7, 11) is -2.63. The average molecular weight is 460 g/mol. The smallest absolute Gasteiger partial charge is 0.270 e. The summed E-state index contributed by atoms with van der Waals surface area (Å²) in [6.07, 6.45) is 0.349. The standard InChI is InChI=1S/C23H22ClNO5S/c1-29-20-13-11-19(12-14-20)25(31(27,28)22-15-9-18(24)10-16-22)23(26)8-5-17-30-21-6-3-2-4-7-21/h2-4,6-7,9-16H,5,8,17H2,1H3. The lowest BCUT2D eigenvalue weighted by Crippen LogP contribution is -2.37. The maximum atomic E-state index is 13.3. The van der Waals surface area contributed by atoms with E-state index in [1.165, 1.54) is 43.5 Å². The molecule has 3 aromatic carbocycles. The molecule has 0 saturated heterocycles. The minimum Gasteiger partial charge on any atom is -0.497 e. The van der Waals surface area contributed by atoms with Crippen LogP contribution in [0.5, 0.6) is 11.5 Å². The summed E-state index contributed by atoms with van der Waals surface area (Å²) in [6.45, 7) is 0.285. The molecule has 0 aliphatic carbocycles. The predicted molar refractivity (Wildman–Crippen MR) is 120 cm³/mol. The molecule has 8 heteroatoms. The largest absolute Gasteiger partial charge is 0.497 e. The van der Waals surface area contributed by atoms with Crippen LogP contribution < -0.4 is 13.8 Å². The van der Waals surface area contributed by atoms with Crippen LogP contribution in [0.2, 0.25) is 5.02 Å². The van der Waals surface area contributed by atoms with Crippen LogP contribution in [-0.2, 0) is 14.8 Å². The molecule has 0 bridgehead atoms. The SMILES string of the molecule is COc1ccc(N(C(=O)CCCOc2ccccc2)S(=O)(=O)c2ccc(Cl)cc2)cc1. The van der Waals surface area contributed by atoms with Crippen molar-refractivity contribution < 1.29 is 22.7 Å². The number of methoxy groups -OCH3 is 1. The molecule has 0 spiro atoms. The van der Waals surface area contributed by atoms with Gasteiger partial charge in [0, 0.05) is 11.4 Å². The van der Waals surface area contributed by atoms with Crippen molar-refractivity contribution in [3.8, 4) is 11.5 Å². The van der Waals surface area contributed by atoms with E-state index in [4.69, 9.17) is 21.1 Å². The average Bonchev–Trinajstić information content (AvgIpc) is 2.78. The number of carbonyl (C=O) groups excluding carboxylic acids is 1. The Balaban J connectivity index is 1.80. The highest BCUT2D eigenvalue weighted by Crippen LogP contribution is 2.27. The van der Waals surface area contributed by atoms with E-state index in [9.17, 15) is 13.2 Å². The fraction of sp³-hybridized carbons (Fsp3) is 0.174. The number of sulfonamides is 1. The molecule has 0 fully saturated rings. The zero-order chi connectivity index (χ0) is 22.3. The molecular formula is C23H22ClNO5S. The highest BCUT2D eigenvalue weighted by Gasteiger charge is 2.30.